The van der Waals surface area contributed by atoms with Crippen LogP contribution in [0.1, 0.15) is 19.3 Å². The average Bonchev–Trinajstić information content (AvgIpc) is 2.99. The molecular formula is C14H20N6. The largest absolute Gasteiger partial charge is 0.339 e. The van der Waals surface area contributed by atoms with Crippen LogP contribution in [0.5, 0.6) is 0 Å². The van der Waals surface area contributed by atoms with Crippen molar-refractivity contribution >= 4 is 5.95 Å². The van der Waals surface area contributed by atoms with Gasteiger partial charge in [-0.3, -0.25) is 0 Å². The predicted octanol–water partition coefficient (Wildman–Crippen LogP) is 1.23. The molecule has 0 radical (unpaired) electrons. The third kappa shape index (κ3) is 2.65. The second-order valence-corrected chi connectivity index (χ2v) is 5.23. The van der Waals surface area contributed by atoms with Gasteiger partial charge in [0, 0.05) is 13.1 Å². The number of anilines is 1. The molecule has 0 bridgehead atoms. The summed E-state index contributed by atoms with van der Waals surface area (Å²) < 4.78 is 1.81. The zero-order valence-electron chi connectivity index (χ0n) is 11.5. The van der Waals surface area contributed by atoms with Crippen molar-refractivity contribution in [2.45, 2.75) is 19.3 Å². The average molecular weight is 272 g/mol. The number of nitrogens with two attached hydrogens (primary N) is 1. The van der Waals surface area contributed by atoms with Gasteiger partial charge in [0.25, 0.3) is 0 Å². The van der Waals surface area contributed by atoms with E-state index in [1.807, 2.05) is 35.0 Å². The fourth-order valence-corrected chi connectivity index (χ4v) is 2.77. The zero-order valence-corrected chi connectivity index (χ0v) is 11.5. The molecule has 1 aromatic carbocycles. The van der Waals surface area contributed by atoms with Crippen molar-refractivity contribution in [1.82, 2.24) is 20.2 Å². The standard InChI is InChI=1S/C14H20N6/c15-9-6-12-7-10-19(11-8-12)14-16-17-18-20(14)13-4-2-1-3-5-13/h1-5,12H,6-11,15H2. The van der Waals surface area contributed by atoms with Crippen molar-refractivity contribution in [3.8, 4) is 5.69 Å². The maximum atomic E-state index is 5.64. The van der Waals surface area contributed by atoms with Gasteiger partial charge in [0.2, 0.25) is 5.95 Å². The van der Waals surface area contributed by atoms with E-state index < -0.39 is 0 Å². The fourth-order valence-electron chi connectivity index (χ4n) is 2.77. The van der Waals surface area contributed by atoms with Crippen LogP contribution in [-0.4, -0.2) is 39.8 Å². The summed E-state index contributed by atoms with van der Waals surface area (Å²) in [5.41, 5.74) is 6.64. The molecule has 0 aliphatic carbocycles. The summed E-state index contributed by atoms with van der Waals surface area (Å²) in [6.07, 6.45) is 3.45. The number of rotatable bonds is 4. The molecule has 6 heteroatoms. The molecule has 0 spiro atoms. The van der Waals surface area contributed by atoms with E-state index in [4.69, 9.17) is 5.73 Å². The van der Waals surface area contributed by atoms with Crippen LogP contribution in [0, 0.1) is 5.92 Å². The van der Waals surface area contributed by atoms with Crippen molar-refractivity contribution in [3.63, 3.8) is 0 Å². The molecule has 2 aromatic rings. The van der Waals surface area contributed by atoms with Crippen molar-refractivity contribution in [2.24, 2.45) is 11.7 Å². The van der Waals surface area contributed by atoms with Crippen LogP contribution in [0.15, 0.2) is 30.3 Å². The molecule has 20 heavy (non-hydrogen) atoms. The first-order valence-corrected chi connectivity index (χ1v) is 7.17. The first-order chi connectivity index (χ1) is 9.88. The molecule has 106 valence electrons. The minimum absolute atomic E-state index is 0.748. The number of nitrogens with zero attached hydrogens (tertiary/aromatic N) is 5. The van der Waals surface area contributed by atoms with E-state index in [9.17, 15) is 0 Å². The van der Waals surface area contributed by atoms with Crippen molar-refractivity contribution in [2.75, 3.05) is 24.5 Å². The number of aromatic nitrogens is 4. The van der Waals surface area contributed by atoms with Gasteiger partial charge in [0.05, 0.1) is 5.69 Å². The van der Waals surface area contributed by atoms with Gasteiger partial charge in [-0.15, -0.1) is 0 Å². The molecule has 1 fully saturated rings. The maximum Gasteiger partial charge on any atom is 0.250 e. The van der Waals surface area contributed by atoms with Crippen molar-refractivity contribution in [1.29, 1.82) is 0 Å². The summed E-state index contributed by atoms with van der Waals surface area (Å²) in [4.78, 5) is 2.26. The number of para-hydroxylation sites is 1. The van der Waals surface area contributed by atoms with E-state index in [-0.39, 0.29) is 0 Å². The van der Waals surface area contributed by atoms with Crippen LogP contribution >= 0.6 is 0 Å². The first-order valence-electron chi connectivity index (χ1n) is 7.17. The molecule has 6 nitrogen and oxygen atoms in total. The minimum atomic E-state index is 0.748. The Morgan fingerprint density at radius 3 is 2.60 bits per heavy atom. The lowest BCUT2D eigenvalue weighted by atomic mass is 9.94. The van der Waals surface area contributed by atoms with Crippen LogP contribution in [0.4, 0.5) is 5.95 Å². The highest BCUT2D eigenvalue weighted by Gasteiger charge is 2.23. The Hall–Kier alpha value is -1.95. The third-order valence-electron chi connectivity index (χ3n) is 3.93. The number of hydrogen-bond donors (Lipinski definition) is 1. The van der Waals surface area contributed by atoms with Crippen LogP contribution in [0.25, 0.3) is 5.69 Å². The van der Waals surface area contributed by atoms with E-state index in [1.54, 1.807) is 0 Å². The van der Waals surface area contributed by atoms with Crippen molar-refractivity contribution in [3.05, 3.63) is 30.3 Å². The van der Waals surface area contributed by atoms with Gasteiger partial charge in [-0.2, -0.15) is 4.68 Å². The molecule has 0 atom stereocenters. The maximum absolute atomic E-state index is 5.64. The zero-order chi connectivity index (χ0) is 13.8. The van der Waals surface area contributed by atoms with Crippen LogP contribution in [0.3, 0.4) is 0 Å². The highest BCUT2D eigenvalue weighted by Crippen LogP contribution is 2.24. The van der Waals surface area contributed by atoms with Gasteiger partial charge in [-0.1, -0.05) is 23.3 Å². The monoisotopic (exact) mass is 272 g/mol. The van der Waals surface area contributed by atoms with Gasteiger partial charge < -0.3 is 10.6 Å². The molecule has 1 saturated heterocycles. The summed E-state index contributed by atoms with van der Waals surface area (Å²) in [7, 11) is 0. The smallest absolute Gasteiger partial charge is 0.250 e. The first kappa shape index (κ1) is 13.1. The Labute approximate surface area is 118 Å². The Kier molecular flexibility index (Phi) is 3.92. The normalized spacial score (nSPS) is 16.6. The van der Waals surface area contributed by atoms with Gasteiger partial charge in [0.1, 0.15) is 0 Å². The Morgan fingerprint density at radius 1 is 1.15 bits per heavy atom. The molecule has 0 amide bonds. The minimum Gasteiger partial charge on any atom is -0.339 e. The Bertz CT molecular complexity index is 530. The molecule has 1 aliphatic heterocycles. The Balaban J connectivity index is 1.75. The summed E-state index contributed by atoms with van der Waals surface area (Å²) >= 11 is 0. The molecule has 0 saturated carbocycles. The molecular weight excluding hydrogens is 252 g/mol. The number of tetrazole rings is 1. The summed E-state index contributed by atoms with van der Waals surface area (Å²) in [6, 6.07) is 10.0. The fraction of sp³-hybridized carbons (Fsp3) is 0.500. The summed E-state index contributed by atoms with van der Waals surface area (Å²) in [6.45, 7) is 2.78. The number of benzene rings is 1. The highest BCUT2D eigenvalue weighted by molar-refractivity contribution is 5.40. The van der Waals surface area contributed by atoms with Crippen LogP contribution in [0.2, 0.25) is 0 Å². The van der Waals surface area contributed by atoms with Crippen LogP contribution < -0.4 is 10.6 Å². The van der Waals surface area contributed by atoms with E-state index in [0.29, 0.717) is 0 Å². The molecule has 2 heterocycles. The SMILES string of the molecule is NCCC1CCN(c2nnnn2-c2ccccc2)CC1. The van der Waals surface area contributed by atoms with Crippen LogP contribution in [-0.2, 0) is 0 Å². The summed E-state index contributed by atoms with van der Waals surface area (Å²) in [5.74, 6) is 1.58. The van der Waals surface area contributed by atoms with E-state index in [1.165, 1.54) is 12.8 Å². The summed E-state index contributed by atoms with van der Waals surface area (Å²) in [5, 5.41) is 12.1. The van der Waals surface area contributed by atoms with E-state index in [0.717, 1.165) is 43.6 Å². The predicted molar refractivity (Wildman–Crippen MR) is 77.8 cm³/mol. The molecule has 2 N–H and O–H groups in total. The lowest BCUT2D eigenvalue weighted by Crippen LogP contribution is -2.36. The van der Waals surface area contributed by atoms with Crippen molar-refractivity contribution < 1.29 is 0 Å². The molecule has 0 unspecified atom stereocenters. The second kappa shape index (κ2) is 6.00. The van der Waals surface area contributed by atoms with Gasteiger partial charge in [0.15, 0.2) is 0 Å². The Morgan fingerprint density at radius 2 is 1.90 bits per heavy atom. The molecule has 1 aliphatic rings. The quantitative estimate of drug-likeness (QED) is 0.906. The third-order valence-corrected chi connectivity index (χ3v) is 3.93. The highest BCUT2D eigenvalue weighted by atomic mass is 15.6. The second-order valence-electron chi connectivity index (χ2n) is 5.23. The number of hydrogen-bond acceptors (Lipinski definition) is 5. The van der Waals surface area contributed by atoms with E-state index in [2.05, 4.69) is 20.4 Å². The lowest BCUT2D eigenvalue weighted by molar-refractivity contribution is 0.382. The lowest BCUT2D eigenvalue weighted by Gasteiger charge is -2.31. The van der Waals surface area contributed by atoms with Gasteiger partial charge in [-0.25, -0.2) is 0 Å². The number of piperidine rings is 1. The van der Waals surface area contributed by atoms with Gasteiger partial charge >= 0.3 is 0 Å². The molecule has 3 rings (SSSR count). The molecule has 1 aromatic heterocycles. The van der Waals surface area contributed by atoms with Gasteiger partial charge in [-0.05, 0) is 54.3 Å². The van der Waals surface area contributed by atoms with E-state index >= 15 is 0 Å². The topological polar surface area (TPSA) is 72.9 Å².